The number of carbonyl (C=O) groups excluding carboxylic acids is 3. The van der Waals surface area contributed by atoms with Crippen LogP contribution in [-0.4, -0.2) is 75.9 Å². The van der Waals surface area contributed by atoms with Crippen LogP contribution in [0.15, 0.2) is 54.1 Å². The number of benzene rings is 1. The maximum Gasteiger partial charge on any atom is 0.313 e. The zero-order valence-corrected chi connectivity index (χ0v) is 31.7. The molecule has 9 aliphatic rings. The molecule has 0 aromatic heterocycles. The van der Waals surface area contributed by atoms with E-state index in [0.717, 1.165) is 50.5 Å². The van der Waals surface area contributed by atoms with Crippen molar-refractivity contribution in [3.63, 3.8) is 0 Å². The highest BCUT2D eigenvalue weighted by Gasteiger charge is 2.78. The second-order valence-electron chi connectivity index (χ2n) is 19.5. The Morgan fingerprint density at radius 1 is 0.885 bits per heavy atom. The molecule has 4 bridgehead atoms. The molecule has 2 saturated heterocycles. The number of allylic oxidation sites excluding steroid dienone is 4. The molecule has 6 fully saturated rings. The van der Waals surface area contributed by atoms with E-state index in [4.69, 9.17) is 9.47 Å². The molecule has 8 nitrogen and oxygen atoms in total. The Morgan fingerprint density at radius 3 is 2.27 bits per heavy atom. The summed E-state index contributed by atoms with van der Waals surface area (Å²) in [5.41, 5.74) is -4.17. The molecule has 8 heteroatoms. The van der Waals surface area contributed by atoms with Gasteiger partial charge in [0.05, 0.1) is 29.8 Å². The van der Waals surface area contributed by atoms with Crippen LogP contribution >= 0.6 is 0 Å². The smallest absolute Gasteiger partial charge is 0.313 e. The van der Waals surface area contributed by atoms with Crippen molar-refractivity contribution in [3.05, 3.63) is 59.7 Å². The molecule has 7 aliphatic carbocycles. The van der Waals surface area contributed by atoms with Gasteiger partial charge in [0.1, 0.15) is 0 Å². The van der Waals surface area contributed by atoms with E-state index in [0.29, 0.717) is 44.4 Å². The van der Waals surface area contributed by atoms with E-state index in [2.05, 4.69) is 32.1 Å². The van der Waals surface area contributed by atoms with Gasteiger partial charge < -0.3 is 24.6 Å². The molecule has 280 valence electrons. The minimum Gasteiger partial charge on any atom is -0.448 e. The molecule has 4 saturated carbocycles. The van der Waals surface area contributed by atoms with E-state index < -0.39 is 44.4 Å². The molecular weight excluding hydrogens is 654 g/mol. The molecule has 11 atom stereocenters. The van der Waals surface area contributed by atoms with Crippen LogP contribution in [0, 0.1) is 44.3 Å². The molecule has 52 heavy (non-hydrogen) atoms. The molecule has 0 radical (unpaired) electrons. The third-order valence-corrected chi connectivity index (χ3v) is 17.6. The summed E-state index contributed by atoms with van der Waals surface area (Å²) >= 11 is 0. The van der Waals surface area contributed by atoms with Gasteiger partial charge in [-0.25, -0.2) is 0 Å². The van der Waals surface area contributed by atoms with Gasteiger partial charge in [-0.15, -0.1) is 0 Å². The van der Waals surface area contributed by atoms with Gasteiger partial charge >= 0.3 is 5.97 Å². The third-order valence-electron chi connectivity index (χ3n) is 17.6. The minimum atomic E-state index is -1.28. The maximum atomic E-state index is 15.1. The van der Waals surface area contributed by atoms with Gasteiger partial charge in [-0.05, 0) is 94.8 Å². The fourth-order valence-corrected chi connectivity index (χ4v) is 13.9. The molecule has 11 unspecified atom stereocenters. The summed E-state index contributed by atoms with van der Waals surface area (Å²) in [5, 5.41) is 24.3. The summed E-state index contributed by atoms with van der Waals surface area (Å²) < 4.78 is 12.2. The average molecular weight is 712 g/mol. The van der Waals surface area contributed by atoms with Crippen molar-refractivity contribution in [2.75, 3.05) is 19.7 Å². The standard InChI is InChI=1S/C44H57NO7/c1-37(2)40(5)19-22-44(37,52-36(40)49)35(48)45(26-30-12-9-23-51-30)27-42(50)18-15-33-39(42,4)17-14-32-38(3)16-13-29(46)24-41(38)20-21-43(32,33)31(25-41)34(47)28-10-7-6-8-11-28/h6-8,10-11,20-21,25,29-30,32-33,46,50H,9,12-19,22-24,26-27H2,1-5H3. The van der Waals surface area contributed by atoms with Crippen molar-refractivity contribution in [2.45, 2.75) is 129 Å². The Bertz CT molecular complexity index is 1780. The van der Waals surface area contributed by atoms with Gasteiger partial charge in [0.15, 0.2) is 11.4 Å². The van der Waals surface area contributed by atoms with Crippen molar-refractivity contribution in [1.82, 2.24) is 4.90 Å². The van der Waals surface area contributed by atoms with E-state index in [1.54, 1.807) is 0 Å². The fraction of sp³-hybridized carbons (Fsp3) is 0.705. The number of amides is 1. The number of rotatable bonds is 7. The van der Waals surface area contributed by atoms with Crippen LogP contribution in [0.4, 0.5) is 0 Å². The van der Waals surface area contributed by atoms with Gasteiger partial charge in [0, 0.05) is 45.9 Å². The van der Waals surface area contributed by atoms with E-state index in [1.807, 2.05) is 56.0 Å². The van der Waals surface area contributed by atoms with Gasteiger partial charge in [-0.2, -0.15) is 0 Å². The minimum absolute atomic E-state index is 0.0331. The number of esters is 1. The molecule has 10 rings (SSSR count). The SMILES string of the molecule is CC12CCC(C(=O)N(CC3CCCO3)CC3(O)CCC4C56C=CC7(C=C5C(=O)c5ccccc5)CC(O)CCC7(C)C6CCC43C)(OC1=O)C2(C)C. The van der Waals surface area contributed by atoms with Crippen LogP contribution in [-0.2, 0) is 19.1 Å². The summed E-state index contributed by atoms with van der Waals surface area (Å²) in [6.45, 7) is 11.7. The number of ether oxygens (including phenoxy) is 2. The van der Waals surface area contributed by atoms with Gasteiger partial charge in [-0.1, -0.05) is 76.3 Å². The summed E-state index contributed by atoms with van der Waals surface area (Å²) in [5.74, 6) is -0.317. The first kappa shape index (κ1) is 34.9. The van der Waals surface area contributed by atoms with Gasteiger partial charge in [0.2, 0.25) is 0 Å². The first-order chi connectivity index (χ1) is 24.5. The van der Waals surface area contributed by atoms with Gasteiger partial charge in [-0.3, -0.25) is 14.4 Å². The fourth-order valence-electron chi connectivity index (χ4n) is 13.9. The largest absolute Gasteiger partial charge is 0.448 e. The lowest BCUT2D eigenvalue weighted by molar-refractivity contribution is -0.188. The van der Waals surface area contributed by atoms with E-state index in [1.165, 1.54) is 0 Å². The molecule has 1 amide bonds. The number of hydrogen-bond acceptors (Lipinski definition) is 7. The van der Waals surface area contributed by atoms with E-state index in [9.17, 15) is 19.8 Å². The van der Waals surface area contributed by atoms with Crippen LogP contribution in [0.1, 0.15) is 116 Å². The molecular formula is C44H57NO7. The molecule has 2 aliphatic heterocycles. The Kier molecular flexibility index (Phi) is 7.33. The number of aliphatic hydroxyl groups excluding tert-OH is 1. The molecule has 2 N–H and O–H groups in total. The average Bonchev–Trinajstić information content (AvgIpc) is 3.82. The number of carbonyl (C=O) groups is 3. The maximum absolute atomic E-state index is 15.1. The highest BCUT2D eigenvalue weighted by atomic mass is 16.6. The predicted octanol–water partition coefficient (Wildman–Crippen LogP) is 6.59. The van der Waals surface area contributed by atoms with Crippen molar-refractivity contribution in [1.29, 1.82) is 0 Å². The first-order valence-electron chi connectivity index (χ1n) is 20.1. The second-order valence-corrected chi connectivity index (χ2v) is 19.5. The molecule has 2 heterocycles. The molecule has 2 spiro atoms. The number of aliphatic hydroxyl groups is 2. The highest BCUT2D eigenvalue weighted by molar-refractivity contribution is 6.10. The quantitative estimate of drug-likeness (QED) is 0.187. The summed E-state index contributed by atoms with van der Waals surface area (Å²) in [6, 6.07) is 9.57. The number of hydrogen-bond donors (Lipinski definition) is 2. The lowest BCUT2D eigenvalue weighted by atomic mass is 9.32. The number of ketones is 1. The summed E-state index contributed by atoms with van der Waals surface area (Å²) in [6.07, 6.45) is 14.3. The van der Waals surface area contributed by atoms with Crippen LogP contribution in [0.5, 0.6) is 0 Å². The predicted molar refractivity (Wildman–Crippen MR) is 195 cm³/mol. The number of nitrogens with zero attached hydrogens (tertiary/aromatic N) is 1. The zero-order chi connectivity index (χ0) is 36.7. The lowest BCUT2D eigenvalue weighted by Crippen LogP contribution is -2.68. The van der Waals surface area contributed by atoms with Crippen molar-refractivity contribution < 1.29 is 34.1 Å². The number of fused-ring (bicyclic) bond motifs is 3. The first-order valence-corrected chi connectivity index (χ1v) is 20.1. The van der Waals surface area contributed by atoms with E-state index >= 15 is 4.79 Å². The summed E-state index contributed by atoms with van der Waals surface area (Å²) in [7, 11) is 0. The van der Waals surface area contributed by atoms with Crippen LogP contribution < -0.4 is 0 Å². The monoisotopic (exact) mass is 711 g/mol. The Hall–Kier alpha value is -2.81. The summed E-state index contributed by atoms with van der Waals surface area (Å²) in [4.78, 5) is 45.0. The van der Waals surface area contributed by atoms with Crippen LogP contribution in [0.25, 0.3) is 0 Å². The molecule has 1 aromatic rings. The highest BCUT2D eigenvalue weighted by Crippen LogP contribution is 2.78. The van der Waals surface area contributed by atoms with Gasteiger partial charge in [0.25, 0.3) is 5.91 Å². The zero-order valence-electron chi connectivity index (χ0n) is 31.7. The Morgan fingerprint density at radius 2 is 1.60 bits per heavy atom. The second kappa shape index (κ2) is 10.9. The Labute approximate surface area is 308 Å². The lowest BCUT2D eigenvalue weighted by Gasteiger charge is -2.71. The van der Waals surface area contributed by atoms with Crippen molar-refractivity contribution in [2.24, 2.45) is 44.3 Å². The topological polar surface area (TPSA) is 113 Å². The van der Waals surface area contributed by atoms with Crippen molar-refractivity contribution in [3.8, 4) is 0 Å². The van der Waals surface area contributed by atoms with Crippen molar-refractivity contribution >= 4 is 17.7 Å². The molecule has 1 aromatic carbocycles. The number of Topliss-reactive ketones (excluding diaryl/α,β-unsaturated/α-hetero) is 1. The normalized spacial score (nSPS) is 47.8. The Balaban J connectivity index is 1.12. The van der Waals surface area contributed by atoms with Crippen LogP contribution in [0.2, 0.25) is 0 Å². The van der Waals surface area contributed by atoms with E-state index in [-0.39, 0.29) is 47.6 Å². The third kappa shape index (κ3) is 4.02. The van der Waals surface area contributed by atoms with Crippen LogP contribution in [0.3, 0.4) is 0 Å².